The predicted molar refractivity (Wildman–Crippen MR) is 70.6 cm³/mol. The Morgan fingerprint density at radius 2 is 2.05 bits per heavy atom. The molecule has 1 aromatic rings. The third-order valence-electron chi connectivity index (χ3n) is 2.65. The van der Waals surface area contributed by atoms with Gasteiger partial charge in [-0.3, -0.25) is 5.32 Å². The van der Waals surface area contributed by atoms with Gasteiger partial charge in [0.2, 0.25) is 0 Å². The molecule has 0 aliphatic carbocycles. The first kappa shape index (κ1) is 15.4. The molecule has 0 saturated heterocycles. The number of carbonyl (C=O) groups excluding carboxylic acids is 1. The quantitative estimate of drug-likeness (QED) is 0.770. The normalized spacial score (nSPS) is 13.7. The van der Waals surface area contributed by atoms with E-state index in [1.165, 1.54) is 12.1 Å². The number of esters is 1. The molecule has 1 rings (SSSR count). The minimum atomic E-state index is -0.993. The monoisotopic (exact) mass is 269 g/mol. The third kappa shape index (κ3) is 4.21. The van der Waals surface area contributed by atoms with Crippen molar-refractivity contribution in [2.24, 2.45) is 0 Å². The molecule has 0 amide bonds. The second kappa shape index (κ2) is 7.09. The van der Waals surface area contributed by atoms with E-state index in [2.05, 4.69) is 5.32 Å². The van der Waals surface area contributed by atoms with Crippen molar-refractivity contribution in [1.82, 2.24) is 5.32 Å². The van der Waals surface area contributed by atoms with Crippen LogP contribution in [0.4, 0.5) is 4.39 Å². The number of benzene rings is 1. The molecule has 0 saturated carbocycles. The van der Waals surface area contributed by atoms with Gasteiger partial charge in [0.25, 0.3) is 0 Å². The van der Waals surface area contributed by atoms with Crippen molar-refractivity contribution in [1.29, 1.82) is 0 Å². The molecule has 4 nitrogen and oxygen atoms in total. The van der Waals surface area contributed by atoms with Crippen LogP contribution in [0.3, 0.4) is 0 Å². The molecule has 1 unspecified atom stereocenters. The van der Waals surface area contributed by atoms with Crippen molar-refractivity contribution in [3.8, 4) is 5.75 Å². The van der Waals surface area contributed by atoms with Crippen LogP contribution in [0.5, 0.6) is 5.75 Å². The van der Waals surface area contributed by atoms with Crippen molar-refractivity contribution < 1.29 is 18.7 Å². The van der Waals surface area contributed by atoms with E-state index in [1.807, 2.05) is 6.92 Å². The smallest absolute Gasteiger partial charge is 0.329 e. The van der Waals surface area contributed by atoms with Crippen molar-refractivity contribution in [3.05, 3.63) is 30.1 Å². The maximum atomic E-state index is 13.4. The topological polar surface area (TPSA) is 47.6 Å². The molecular formula is C14H20FNO3. The van der Waals surface area contributed by atoms with E-state index in [0.717, 1.165) is 0 Å². The van der Waals surface area contributed by atoms with Gasteiger partial charge >= 0.3 is 5.97 Å². The molecule has 19 heavy (non-hydrogen) atoms. The molecule has 0 aliphatic rings. The molecule has 0 aromatic heterocycles. The summed E-state index contributed by atoms with van der Waals surface area (Å²) in [6, 6.07) is 6.08. The minimum Gasteiger partial charge on any atom is -0.488 e. The zero-order chi connectivity index (χ0) is 14.3. The molecule has 0 bridgehead atoms. The minimum absolute atomic E-state index is 0.000602. The van der Waals surface area contributed by atoms with E-state index in [0.29, 0.717) is 13.2 Å². The number of carbonyl (C=O) groups is 1. The van der Waals surface area contributed by atoms with Gasteiger partial charge in [-0.25, -0.2) is 9.18 Å². The largest absolute Gasteiger partial charge is 0.488 e. The van der Waals surface area contributed by atoms with Crippen LogP contribution in [0.2, 0.25) is 0 Å². The summed E-state index contributed by atoms with van der Waals surface area (Å²) in [6.45, 7) is 6.16. The highest BCUT2D eigenvalue weighted by Crippen LogP contribution is 2.18. The van der Waals surface area contributed by atoms with Crippen LogP contribution >= 0.6 is 0 Å². The van der Waals surface area contributed by atoms with Crippen molar-refractivity contribution in [2.75, 3.05) is 19.8 Å². The summed E-state index contributed by atoms with van der Waals surface area (Å²) < 4.78 is 23.8. The maximum absolute atomic E-state index is 13.4. The van der Waals surface area contributed by atoms with Crippen LogP contribution in [-0.4, -0.2) is 31.3 Å². The second-order valence-electron chi connectivity index (χ2n) is 4.30. The summed E-state index contributed by atoms with van der Waals surface area (Å²) >= 11 is 0. The number of halogens is 1. The fourth-order valence-electron chi connectivity index (χ4n) is 1.65. The van der Waals surface area contributed by atoms with Crippen LogP contribution in [0, 0.1) is 5.82 Å². The Kier molecular flexibility index (Phi) is 5.76. The Balaban J connectivity index is 2.74. The zero-order valence-corrected chi connectivity index (χ0v) is 11.5. The summed E-state index contributed by atoms with van der Waals surface area (Å²) in [7, 11) is 0. The number of hydrogen-bond donors (Lipinski definition) is 1. The number of hydrogen-bond acceptors (Lipinski definition) is 4. The third-order valence-corrected chi connectivity index (χ3v) is 2.65. The van der Waals surface area contributed by atoms with Gasteiger partial charge < -0.3 is 9.47 Å². The van der Waals surface area contributed by atoms with E-state index in [-0.39, 0.29) is 12.4 Å². The van der Waals surface area contributed by atoms with Crippen molar-refractivity contribution in [2.45, 2.75) is 26.3 Å². The van der Waals surface area contributed by atoms with Gasteiger partial charge in [-0.2, -0.15) is 0 Å². The average Bonchev–Trinajstić information content (AvgIpc) is 2.38. The lowest BCUT2D eigenvalue weighted by molar-refractivity contribution is -0.151. The first-order valence-corrected chi connectivity index (χ1v) is 6.33. The van der Waals surface area contributed by atoms with E-state index in [9.17, 15) is 9.18 Å². The fraction of sp³-hybridized carbons (Fsp3) is 0.500. The summed E-state index contributed by atoms with van der Waals surface area (Å²) in [5.41, 5.74) is -0.993. The Labute approximate surface area is 112 Å². The summed E-state index contributed by atoms with van der Waals surface area (Å²) in [4.78, 5) is 11.9. The molecule has 0 radical (unpaired) electrons. The number of para-hydroxylation sites is 1. The zero-order valence-electron chi connectivity index (χ0n) is 11.5. The molecule has 0 heterocycles. The molecule has 0 spiro atoms. The van der Waals surface area contributed by atoms with Crippen LogP contribution in [0.1, 0.15) is 20.8 Å². The molecule has 1 atom stereocenters. The Morgan fingerprint density at radius 1 is 1.37 bits per heavy atom. The lowest BCUT2D eigenvalue weighted by Crippen LogP contribution is -2.54. The van der Waals surface area contributed by atoms with Gasteiger partial charge in [-0.15, -0.1) is 0 Å². The Bertz CT molecular complexity index is 425. The van der Waals surface area contributed by atoms with Crippen LogP contribution < -0.4 is 10.1 Å². The van der Waals surface area contributed by atoms with Gasteiger partial charge in [-0.1, -0.05) is 19.1 Å². The highest BCUT2D eigenvalue weighted by atomic mass is 19.1. The van der Waals surface area contributed by atoms with Crippen molar-refractivity contribution in [3.63, 3.8) is 0 Å². The highest BCUT2D eigenvalue weighted by Gasteiger charge is 2.35. The standard InChI is InChI=1S/C14H20FNO3/c1-4-16-14(3,13(17)18-5-2)10-19-12-9-7-6-8-11(12)15/h6-9,16H,4-5,10H2,1-3H3. The summed E-state index contributed by atoms with van der Waals surface area (Å²) in [6.07, 6.45) is 0. The van der Waals surface area contributed by atoms with Crippen LogP contribution in [-0.2, 0) is 9.53 Å². The van der Waals surface area contributed by atoms with E-state index in [4.69, 9.17) is 9.47 Å². The van der Waals surface area contributed by atoms with Crippen LogP contribution in [0.15, 0.2) is 24.3 Å². The molecule has 5 heteroatoms. The lowest BCUT2D eigenvalue weighted by Gasteiger charge is -2.28. The molecule has 1 N–H and O–H groups in total. The van der Waals surface area contributed by atoms with Gasteiger partial charge in [0.05, 0.1) is 6.61 Å². The maximum Gasteiger partial charge on any atom is 0.329 e. The second-order valence-corrected chi connectivity index (χ2v) is 4.30. The SMILES string of the molecule is CCNC(C)(COc1ccccc1F)C(=O)OCC. The molecule has 0 aliphatic heterocycles. The average molecular weight is 269 g/mol. The predicted octanol–water partition coefficient (Wildman–Crippen LogP) is 2.14. The molecule has 106 valence electrons. The van der Waals surface area contributed by atoms with Gasteiger partial charge in [0, 0.05) is 0 Å². The summed E-state index contributed by atoms with van der Waals surface area (Å²) in [5, 5.41) is 3.01. The van der Waals surface area contributed by atoms with Crippen molar-refractivity contribution >= 4 is 5.97 Å². The molecule has 1 aromatic carbocycles. The van der Waals surface area contributed by atoms with Gasteiger partial charge in [-0.05, 0) is 32.5 Å². The number of ether oxygens (including phenoxy) is 2. The van der Waals surface area contributed by atoms with Crippen LogP contribution in [0.25, 0.3) is 0 Å². The number of nitrogens with one attached hydrogen (secondary N) is 1. The number of rotatable bonds is 7. The van der Waals surface area contributed by atoms with E-state index >= 15 is 0 Å². The van der Waals surface area contributed by atoms with Gasteiger partial charge in [0.15, 0.2) is 11.6 Å². The Hall–Kier alpha value is -1.62. The highest BCUT2D eigenvalue weighted by molar-refractivity contribution is 5.80. The van der Waals surface area contributed by atoms with Gasteiger partial charge in [0.1, 0.15) is 12.1 Å². The fourth-order valence-corrected chi connectivity index (χ4v) is 1.65. The Morgan fingerprint density at radius 3 is 2.63 bits per heavy atom. The molecular weight excluding hydrogens is 249 g/mol. The first-order valence-electron chi connectivity index (χ1n) is 6.33. The lowest BCUT2D eigenvalue weighted by atomic mass is 10.0. The summed E-state index contributed by atoms with van der Waals surface area (Å²) in [5.74, 6) is -0.741. The van der Waals surface area contributed by atoms with E-state index in [1.54, 1.807) is 26.0 Å². The first-order chi connectivity index (χ1) is 9.03. The van der Waals surface area contributed by atoms with E-state index < -0.39 is 17.3 Å². The number of likely N-dealkylation sites (N-methyl/N-ethyl adjacent to an activating group) is 1. The molecule has 0 fully saturated rings.